The highest BCUT2D eigenvalue weighted by Crippen LogP contribution is 2.00. The second-order valence-corrected chi connectivity index (χ2v) is 5.50. The van der Waals surface area contributed by atoms with Gasteiger partial charge in [-0.3, -0.25) is 0 Å². The van der Waals surface area contributed by atoms with Crippen LogP contribution in [-0.2, 0) is 30.3 Å². The zero-order chi connectivity index (χ0) is 18.7. The van der Waals surface area contributed by atoms with Gasteiger partial charge in [0.2, 0.25) is 0 Å². The van der Waals surface area contributed by atoms with Gasteiger partial charge in [0.05, 0.1) is 52.9 Å². The van der Waals surface area contributed by atoms with E-state index in [4.69, 9.17) is 35.3 Å². The van der Waals surface area contributed by atoms with Gasteiger partial charge in [0, 0.05) is 12.4 Å². The Morgan fingerprint density at radius 1 is 0.808 bits per heavy atom. The van der Waals surface area contributed by atoms with E-state index in [2.05, 4.69) is 5.32 Å². The van der Waals surface area contributed by atoms with Crippen molar-refractivity contribution in [3.63, 3.8) is 0 Å². The molecule has 0 bridgehead atoms. The second kappa shape index (κ2) is 17.1. The summed E-state index contributed by atoms with van der Waals surface area (Å²) in [4.78, 5) is 11.5. The van der Waals surface area contributed by atoms with E-state index in [1.165, 1.54) is 0 Å². The van der Waals surface area contributed by atoms with Crippen LogP contribution in [0.25, 0.3) is 0 Å². The Morgan fingerprint density at radius 2 is 1.35 bits per heavy atom. The van der Waals surface area contributed by atoms with Crippen LogP contribution in [0.15, 0.2) is 30.3 Å². The number of nitrogens with one attached hydrogen (secondary N) is 1. The number of rotatable bonds is 16. The van der Waals surface area contributed by atoms with Crippen LogP contribution in [-0.4, -0.2) is 71.4 Å². The molecule has 26 heavy (non-hydrogen) atoms. The molecule has 8 heteroatoms. The highest BCUT2D eigenvalue weighted by Gasteiger charge is 2.01. The molecule has 0 aliphatic rings. The number of ether oxygens (including phenoxy) is 5. The molecule has 1 rings (SSSR count). The molecule has 0 atom stereocenters. The standard InChI is InChI=1S/C18H28ClNO6/c19-6-8-22-10-12-24-14-15-25-13-11-23-9-7-20-18(21)26-16-17-4-2-1-3-5-17/h1-5H,6-16H2,(H,20,21). The van der Waals surface area contributed by atoms with Crippen molar-refractivity contribution in [2.45, 2.75) is 6.61 Å². The van der Waals surface area contributed by atoms with E-state index in [0.29, 0.717) is 65.3 Å². The maximum absolute atomic E-state index is 11.5. The van der Waals surface area contributed by atoms with Gasteiger partial charge in [0.15, 0.2) is 0 Å². The molecular formula is C18H28ClNO6. The molecule has 0 aliphatic carbocycles. The van der Waals surface area contributed by atoms with E-state index in [0.717, 1.165) is 5.56 Å². The summed E-state index contributed by atoms with van der Waals surface area (Å²) in [5.41, 5.74) is 0.947. The number of hydrogen-bond donors (Lipinski definition) is 1. The Bertz CT molecular complexity index is 449. The molecule has 1 N–H and O–H groups in total. The Hall–Kier alpha value is -1.38. The average Bonchev–Trinajstić information content (AvgIpc) is 2.67. The second-order valence-electron chi connectivity index (χ2n) is 5.13. The summed E-state index contributed by atoms with van der Waals surface area (Å²) < 4.78 is 26.3. The maximum atomic E-state index is 11.5. The van der Waals surface area contributed by atoms with Crippen molar-refractivity contribution in [2.24, 2.45) is 0 Å². The molecule has 0 unspecified atom stereocenters. The summed E-state index contributed by atoms with van der Waals surface area (Å²) in [6, 6.07) is 9.51. The number of alkyl halides is 1. The fraction of sp³-hybridized carbons (Fsp3) is 0.611. The summed E-state index contributed by atoms with van der Waals surface area (Å²) in [5, 5.41) is 2.63. The topological polar surface area (TPSA) is 75.3 Å². The minimum absolute atomic E-state index is 0.252. The molecule has 0 aliphatic heterocycles. The first-order chi connectivity index (χ1) is 12.8. The van der Waals surface area contributed by atoms with Crippen molar-refractivity contribution in [2.75, 3.05) is 65.3 Å². The van der Waals surface area contributed by atoms with Gasteiger partial charge in [0.25, 0.3) is 0 Å². The molecule has 0 radical (unpaired) electrons. The lowest BCUT2D eigenvalue weighted by molar-refractivity contribution is 0.0000548. The van der Waals surface area contributed by atoms with Gasteiger partial charge in [0.1, 0.15) is 6.61 Å². The normalized spacial score (nSPS) is 10.7. The Labute approximate surface area is 159 Å². The van der Waals surface area contributed by atoms with Crippen LogP contribution in [0, 0.1) is 0 Å². The van der Waals surface area contributed by atoms with Gasteiger partial charge in [-0.05, 0) is 5.56 Å². The lowest BCUT2D eigenvalue weighted by Crippen LogP contribution is -2.28. The van der Waals surface area contributed by atoms with E-state index in [-0.39, 0.29) is 6.61 Å². The Balaban J connectivity index is 1.78. The molecule has 7 nitrogen and oxygen atoms in total. The van der Waals surface area contributed by atoms with Crippen LogP contribution in [0.4, 0.5) is 4.79 Å². The number of benzene rings is 1. The number of hydrogen-bond acceptors (Lipinski definition) is 6. The summed E-state index contributed by atoms with van der Waals surface area (Å²) in [7, 11) is 0. The zero-order valence-corrected chi connectivity index (χ0v) is 15.7. The minimum atomic E-state index is -0.458. The van der Waals surface area contributed by atoms with Crippen LogP contribution < -0.4 is 5.32 Å². The van der Waals surface area contributed by atoms with Gasteiger partial charge < -0.3 is 29.0 Å². The van der Waals surface area contributed by atoms with E-state index in [1.54, 1.807) is 0 Å². The van der Waals surface area contributed by atoms with Crippen molar-refractivity contribution in [3.05, 3.63) is 35.9 Å². The molecule has 0 fully saturated rings. The van der Waals surface area contributed by atoms with Crippen molar-refractivity contribution < 1.29 is 28.5 Å². The highest BCUT2D eigenvalue weighted by molar-refractivity contribution is 6.17. The summed E-state index contributed by atoms with van der Waals surface area (Å²) >= 11 is 5.47. The Morgan fingerprint density at radius 3 is 1.92 bits per heavy atom. The third-order valence-corrected chi connectivity index (χ3v) is 3.22. The largest absolute Gasteiger partial charge is 0.445 e. The third kappa shape index (κ3) is 13.9. The van der Waals surface area contributed by atoms with Crippen LogP contribution in [0.5, 0.6) is 0 Å². The van der Waals surface area contributed by atoms with Gasteiger partial charge >= 0.3 is 6.09 Å². The molecular weight excluding hydrogens is 362 g/mol. The summed E-state index contributed by atoms with van der Waals surface area (Å²) in [6.45, 7) is 4.60. The fourth-order valence-electron chi connectivity index (χ4n) is 1.82. The van der Waals surface area contributed by atoms with Crippen molar-refractivity contribution >= 4 is 17.7 Å². The average molecular weight is 390 g/mol. The van der Waals surface area contributed by atoms with Crippen molar-refractivity contribution in [3.8, 4) is 0 Å². The molecule has 0 saturated carbocycles. The third-order valence-electron chi connectivity index (χ3n) is 3.07. The number of carbonyl (C=O) groups is 1. The smallest absolute Gasteiger partial charge is 0.407 e. The first kappa shape index (κ1) is 22.7. The van der Waals surface area contributed by atoms with Gasteiger partial charge in [-0.25, -0.2) is 4.79 Å². The van der Waals surface area contributed by atoms with Crippen molar-refractivity contribution in [1.29, 1.82) is 0 Å². The van der Waals surface area contributed by atoms with Crippen LogP contribution in [0.3, 0.4) is 0 Å². The fourth-order valence-corrected chi connectivity index (χ4v) is 1.92. The number of halogens is 1. The monoisotopic (exact) mass is 389 g/mol. The first-order valence-corrected chi connectivity index (χ1v) is 9.18. The van der Waals surface area contributed by atoms with Gasteiger partial charge in [-0.1, -0.05) is 30.3 Å². The van der Waals surface area contributed by atoms with Crippen molar-refractivity contribution in [1.82, 2.24) is 5.32 Å². The minimum Gasteiger partial charge on any atom is -0.445 e. The quantitative estimate of drug-likeness (QED) is 0.345. The van der Waals surface area contributed by atoms with Gasteiger partial charge in [-0.2, -0.15) is 0 Å². The SMILES string of the molecule is O=C(NCCOCCOCCOCCOCCCl)OCc1ccccc1. The molecule has 0 saturated heterocycles. The van der Waals surface area contributed by atoms with Crippen LogP contribution in [0.2, 0.25) is 0 Å². The van der Waals surface area contributed by atoms with E-state index in [9.17, 15) is 4.79 Å². The van der Waals surface area contributed by atoms with E-state index < -0.39 is 6.09 Å². The predicted octanol–water partition coefficient (Wildman–Crippen LogP) is 2.22. The van der Waals surface area contributed by atoms with Crippen LogP contribution in [0.1, 0.15) is 5.56 Å². The summed E-state index contributed by atoms with van der Waals surface area (Å²) in [5.74, 6) is 0.494. The highest BCUT2D eigenvalue weighted by atomic mass is 35.5. The predicted molar refractivity (Wildman–Crippen MR) is 98.6 cm³/mol. The zero-order valence-electron chi connectivity index (χ0n) is 15.0. The van der Waals surface area contributed by atoms with E-state index >= 15 is 0 Å². The molecule has 0 heterocycles. The summed E-state index contributed by atoms with van der Waals surface area (Å²) in [6.07, 6.45) is -0.458. The first-order valence-electron chi connectivity index (χ1n) is 8.64. The molecule has 1 amide bonds. The number of carbonyl (C=O) groups excluding carboxylic acids is 1. The molecule has 0 spiro atoms. The molecule has 148 valence electrons. The molecule has 1 aromatic carbocycles. The Kier molecular flexibility index (Phi) is 14.9. The lowest BCUT2D eigenvalue weighted by atomic mass is 10.2. The van der Waals surface area contributed by atoms with Crippen LogP contribution >= 0.6 is 11.6 Å². The number of alkyl carbamates (subject to hydrolysis) is 1. The number of amides is 1. The molecule has 1 aromatic rings. The molecule has 0 aromatic heterocycles. The lowest BCUT2D eigenvalue weighted by Gasteiger charge is -2.08. The van der Waals surface area contributed by atoms with E-state index in [1.807, 2.05) is 30.3 Å². The maximum Gasteiger partial charge on any atom is 0.407 e. The van der Waals surface area contributed by atoms with Gasteiger partial charge in [-0.15, -0.1) is 11.6 Å².